The van der Waals surface area contributed by atoms with Gasteiger partial charge in [-0.3, -0.25) is 0 Å². The van der Waals surface area contributed by atoms with Gasteiger partial charge in [0.25, 0.3) is 0 Å². The number of thioether (sulfide) groups is 1. The van der Waals surface area contributed by atoms with Crippen LogP contribution in [0.1, 0.15) is 30.6 Å². The van der Waals surface area contributed by atoms with Gasteiger partial charge in [-0.2, -0.15) is 10.2 Å². The molecular formula is C15H17N3OS. The Labute approximate surface area is 123 Å². The SMILES string of the molecule is Cc1ccccc1SCc1noc(CC(C)CC#N)n1. The molecule has 1 unspecified atom stereocenters. The first kappa shape index (κ1) is 14.6. The van der Waals surface area contributed by atoms with Crippen molar-refractivity contribution in [1.82, 2.24) is 10.1 Å². The van der Waals surface area contributed by atoms with E-state index in [1.807, 2.05) is 19.1 Å². The summed E-state index contributed by atoms with van der Waals surface area (Å²) in [6.45, 7) is 4.10. The number of rotatable bonds is 6. The smallest absolute Gasteiger partial charge is 0.226 e. The van der Waals surface area contributed by atoms with Crippen molar-refractivity contribution >= 4 is 11.8 Å². The van der Waals surface area contributed by atoms with Crippen LogP contribution in [-0.2, 0) is 12.2 Å². The third-order valence-corrected chi connectivity index (χ3v) is 4.09. The Bertz CT molecular complexity index is 603. The highest BCUT2D eigenvalue weighted by atomic mass is 32.2. The number of hydrogen-bond acceptors (Lipinski definition) is 5. The van der Waals surface area contributed by atoms with Crippen LogP contribution < -0.4 is 0 Å². The summed E-state index contributed by atoms with van der Waals surface area (Å²) in [5.74, 6) is 2.27. The first-order valence-corrected chi connectivity index (χ1v) is 7.54. The van der Waals surface area contributed by atoms with Gasteiger partial charge in [0.1, 0.15) is 0 Å². The number of aromatic nitrogens is 2. The fourth-order valence-corrected chi connectivity index (χ4v) is 2.69. The van der Waals surface area contributed by atoms with Gasteiger partial charge in [0.2, 0.25) is 5.89 Å². The second-order valence-corrected chi connectivity index (χ2v) is 5.85. The molecule has 2 rings (SSSR count). The van der Waals surface area contributed by atoms with E-state index in [0.29, 0.717) is 30.3 Å². The second kappa shape index (κ2) is 7.11. The Balaban J connectivity index is 1.90. The van der Waals surface area contributed by atoms with Gasteiger partial charge in [0.15, 0.2) is 5.82 Å². The maximum Gasteiger partial charge on any atom is 0.226 e. The zero-order valence-electron chi connectivity index (χ0n) is 11.7. The maximum absolute atomic E-state index is 8.64. The monoisotopic (exact) mass is 287 g/mol. The molecule has 0 saturated carbocycles. The molecule has 0 N–H and O–H groups in total. The molecule has 0 bridgehead atoms. The average molecular weight is 287 g/mol. The minimum atomic E-state index is 0.248. The standard InChI is InChI=1S/C15H17N3OS/c1-11(7-8-16)9-15-17-14(18-19-15)10-20-13-6-4-3-5-12(13)2/h3-6,11H,7,9-10H2,1-2H3. The first-order valence-electron chi connectivity index (χ1n) is 6.56. The van der Waals surface area contributed by atoms with E-state index in [-0.39, 0.29) is 5.92 Å². The van der Waals surface area contributed by atoms with Crippen molar-refractivity contribution < 1.29 is 4.52 Å². The van der Waals surface area contributed by atoms with Crippen molar-refractivity contribution in [2.24, 2.45) is 5.92 Å². The van der Waals surface area contributed by atoms with Crippen molar-refractivity contribution in [2.45, 2.75) is 37.3 Å². The van der Waals surface area contributed by atoms with Crippen molar-refractivity contribution in [3.05, 3.63) is 41.5 Å². The fraction of sp³-hybridized carbons (Fsp3) is 0.400. The van der Waals surface area contributed by atoms with E-state index in [0.717, 1.165) is 0 Å². The van der Waals surface area contributed by atoms with E-state index < -0.39 is 0 Å². The molecule has 0 aliphatic heterocycles. The van der Waals surface area contributed by atoms with Gasteiger partial charge in [-0.15, -0.1) is 11.8 Å². The van der Waals surface area contributed by atoms with Crippen LogP contribution >= 0.6 is 11.8 Å². The zero-order valence-corrected chi connectivity index (χ0v) is 12.5. The lowest BCUT2D eigenvalue weighted by Crippen LogP contribution is -1.98. The van der Waals surface area contributed by atoms with Crippen LogP contribution in [0.15, 0.2) is 33.7 Å². The van der Waals surface area contributed by atoms with Gasteiger partial charge < -0.3 is 4.52 Å². The van der Waals surface area contributed by atoms with Gasteiger partial charge in [-0.1, -0.05) is 30.3 Å². The fourth-order valence-electron chi connectivity index (χ4n) is 1.82. The van der Waals surface area contributed by atoms with Crippen molar-refractivity contribution in [3.63, 3.8) is 0 Å². The van der Waals surface area contributed by atoms with Crippen LogP contribution in [0.3, 0.4) is 0 Å². The topological polar surface area (TPSA) is 62.7 Å². The second-order valence-electron chi connectivity index (χ2n) is 4.83. The molecule has 0 fully saturated rings. The molecule has 0 aliphatic rings. The molecule has 0 spiro atoms. The van der Waals surface area contributed by atoms with Crippen molar-refractivity contribution in [3.8, 4) is 6.07 Å². The minimum Gasteiger partial charge on any atom is -0.339 e. The molecule has 1 aromatic heterocycles. The third kappa shape index (κ3) is 4.10. The summed E-state index contributed by atoms with van der Waals surface area (Å²) in [6.07, 6.45) is 1.17. The molecule has 1 heterocycles. The number of hydrogen-bond donors (Lipinski definition) is 0. The quantitative estimate of drug-likeness (QED) is 0.757. The third-order valence-electron chi connectivity index (χ3n) is 2.92. The Morgan fingerprint density at radius 3 is 2.95 bits per heavy atom. The highest BCUT2D eigenvalue weighted by Gasteiger charge is 2.11. The molecule has 20 heavy (non-hydrogen) atoms. The van der Waals surface area contributed by atoms with Crippen LogP contribution in [0, 0.1) is 24.2 Å². The Morgan fingerprint density at radius 2 is 2.20 bits per heavy atom. The van der Waals surface area contributed by atoms with Crippen LogP contribution in [0.2, 0.25) is 0 Å². The number of nitrogens with zero attached hydrogens (tertiary/aromatic N) is 3. The van der Waals surface area contributed by atoms with E-state index in [2.05, 4.69) is 35.3 Å². The lowest BCUT2D eigenvalue weighted by molar-refractivity contribution is 0.356. The van der Waals surface area contributed by atoms with Crippen molar-refractivity contribution in [1.29, 1.82) is 5.26 Å². The largest absolute Gasteiger partial charge is 0.339 e. The zero-order chi connectivity index (χ0) is 14.4. The summed E-state index contributed by atoms with van der Waals surface area (Å²) in [5.41, 5.74) is 1.25. The van der Waals surface area contributed by atoms with E-state index in [9.17, 15) is 0 Å². The molecule has 2 aromatic rings. The summed E-state index contributed by atoms with van der Waals surface area (Å²) >= 11 is 1.71. The van der Waals surface area contributed by atoms with Crippen LogP contribution in [-0.4, -0.2) is 10.1 Å². The Hall–Kier alpha value is -1.80. The molecule has 1 atom stereocenters. The van der Waals surface area contributed by atoms with Gasteiger partial charge in [-0.25, -0.2) is 0 Å². The molecular weight excluding hydrogens is 270 g/mol. The Kier molecular flexibility index (Phi) is 5.19. The molecule has 0 amide bonds. The summed E-state index contributed by atoms with van der Waals surface area (Å²) in [5, 5.41) is 12.6. The van der Waals surface area contributed by atoms with Crippen LogP contribution in [0.4, 0.5) is 0 Å². The Morgan fingerprint density at radius 1 is 1.40 bits per heavy atom. The molecule has 0 aliphatic carbocycles. The summed E-state index contributed by atoms with van der Waals surface area (Å²) in [4.78, 5) is 5.60. The molecule has 0 saturated heterocycles. The number of aryl methyl sites for hydroxylation is 1. The summed E-state index contributed by atoms with van der Waals surface area (Å²) < 4.78 is 5.22. The van der Waals surface area contributed by atoms with Gasteiger partial charge >= 0.3 is 0 Å². The molecule has 104 valence electrons. The van der Waals surface area contributed by atoms with Crippen LogP contribution in [0.25, 0.3) is 0 Å². The maximum atomic E-state index is 8.64. The molecule has 4 nitrogen and oxygen atoms in total. The lowest BCUT2D eigenvalue weighted by atomic mass is 10.1. The highest BCUT2D eigenvalue weighted by Crippen LogP contribution is 2.24. The summed E-state index contributed by atoms with van der Waals surface area (Å²) in [7, 11) is 0. The molecule has 1 aromatic carbocycles. The predicted molar refractivity (Wildman–Crippen MR) is 78.1 cm³/mol. The van der Waals surface area contributed by atoms with Gasteiger partial charge in [0, 0.05) is 17.7 Å². The number of benzene rings is 1. The molecule has 0 radical (unpaired) electrons. The normalized spacial score (nSPS) is 12.1. The van der Waals surface area contributed by atoms with Crippen molar-refractivity contribution in [2.75, 3.05) is 0 Å². The highest BCUT2D eigenvalue weighted by molar-refractivity contribution is 7.98. The van der Waals surface area contributed by atoms with E-state index in [1.165, 1.54) is 10.5 Å². The van der Waals surface area contributed by atoms with E-state index in [4.69, 9.17) is 9.78 Å². The minimum absolute atomic E-state index is 0.248. The van der Waals surface area contributed by atoms with Gasteiger partial charge in [0.05, 0.1) is 11.8 Å². The van der Waals surface area contributed by atoms with Crippen LogP contribution in [0.5, 0.6) is 0 Å². The predicted octanol–water partition coefficient (Wildman–Crippen LogP) is 3.76. The average Bonchev–Trinajstić information content (AvgIpc) is 2.85. The van der Waals surface area contributed by atoms with Gasteiger partial charge in [-0.05, 0) is 24.5 Å². The van der Waals surface area contributed by atoms with E-state index in [1.54, 1.807) is 11.8 Å². The lowest BCUT2D eigenvalue weighted by Gasteiger charge is -2.02. The number of nitriles is 1. The summed E-state index contributed by atoms with van der Waals surface area (Å²) in [6, 6.07) is 10.4. The first-order chi connectivity index (χ1) is 9.69. The van der Waals surface area contributed by atoms with E-state index >= 15 is 0 Å². The molecule has 5 heteroatoms.